The van der Waals surface area contributed by atoms with Gasteiger partial charge in [-0.25, -0.2) is 0 Å². The van der Waals surface area contributed by atoms with E-state index in [-0.39, 0.29) is 5.56 Å². The Labute approximate surface area is 103 Å². The molecular formula is C14H11NOS. The molecule has 0 fully saturated rings. The zero-order valence-corrected chi connectivity index (χ0v) is 9.98. The molecule has 3 aromatic rings. The fraction of sp³-hybridized carbons (Fsp3) is 0.0714. The van der Waals surface area contributed by atoms with Crippen LogP contribution in [0.2, 0.25) is 0 Å². The molecule has 0 spiro atoms. The average molecular weight is 241 g/mol. The van der Waals surface area contributed by atoms with Gasteiger partial charge in [0.2, 0.25) is 0 Å². The van der Waals surface area contributed by atoms with Gasteiger partial charge in [-0.05, 0) is 16.3 Å². The first kappa shape index (κ1) is 10.3. The molecule has 0 saturated heterocycles. The number of fused-ring (bicyclic) bond motifs is 1. The van der Waals surface area contributed by atoms with E-state index >= 15 is 0 Å². The molecule has 0 N–H and O–H groups in total. The van der Waals surface area contributed by atoms with Gasteiger partial charge >= 0.3 is 0 Å². The van der Waals surface area contributed by atoms with Gasteiger partial charge in [-0.1, -0.05) is 54.0 Å². The van der Waals surface area contributed by atoms with Crippen molar-refractivity contribution in [3.05, 3.63) is 69.8 Å². The van der Waals surface area contributed by atoms with Crippen molar-refractivity contribution in [2.24, 2.45) is 0 Å². The fourth-order valence-electron chi connectivity index (χ4n) is 2.00. The number of rotatable bonds is 2. The van der Waals surface area contributed by atoms with Gasteiger partial charge in [-0.15, -0.1) is 0 Å². The summed E-state index contributed by atoms with van der Waals surface area (Å²) in [6, 6.07) is 16.1. The molecule has 0 aliphatic heterocycles. The minimum atomic E-state index is 0.0722. The Morgan fingerprint density at radius 1 is 1.00 bits per heavy atom. The molecule has 1 aromatic heterocycles. The molecule has 0 amide bonds. The van der Waals surface area contributed by atoms with Crippen molar-refractivity contribution in [2.45, 2.75) is 6.54 Å². The van der Waals surface area contributed by atoms with Crippen LogP contribution in [-0.4, -0.2) is 3.96 Å². The maximum absolute atomic E-state index is 11.5. The summed E-state index contributed by atoms with van der Waals surface area (Å²) in [5.41, 5.74) is 1.26. The summed E-state index contributed by atoms with van der Waals surface area (Å²) in [6.45, 7) is 0.651. The SMILES string of the molecule is O=c1ccsn1Cc1cccc2ccccc12. The Bertz CT molecular complexity index is 706. The number of benzene rings is 2. The molecule has 1 heterocycles. The van der Waals surface area contributed by atoms with Crippen molar-refractivity contribution in [3.8, 4) is 0 Å². The van der Waals surface area contributed by atoms with Crippen LogP contribution in [0.15, 0.2) is 58.7 Å². The molecule has 3 rings (SSSR count). The Morgan fingerprint density at radius 3 is 2.65 bits per heavy atom. The molecule has 0 atom stereocenters. The largest absolute Gasteiger partial charge is 0.268 e. The van der Waals surface area contributed by atoms with Gasteiger partial charge in [0.15, 0.2) is 0 Å². The number of nitrogens with zero attached hydrogens (tertiary/aromatic N) is 1. The van der Waals surface area contributed by atoms with Crippen molar-refractivity contribution < 1.29 is 0 Å². The molecule has 84 valence electrons. The first-order valence-electron chi connectivity index (χ1n) is 5.46. The van der Waals surface area contributed by atoms with E-state index in [4.69, 9.17) is 0 Å². The Morgan fingerprint density at radius 2 is 1.82 bits per heavy atom. The quantitative estimate of drug-likeness (QED) is 0.675. The highest BCUT2D eigenvalue weighted by Gasteiger charge is 2.03. The third-order valence-corrected chi connectivity index (χ3v) is 3.66. The second-order valence-corrected chi connectivity index (χ2v) is 4.85. The summed E-state index contributed by atoms with van der Waals surface area (Å²) in [5.74, 6) is 0. The molecule has 17 heavy (non-hydrogen) atoms. The van der Waals surface area contributed by atoms with Crippen LogP contribution < -0.4 is 5.56 Å². The Hall–Kier alpha value is -1.87. The molecular weight excluding hydrogens is 230 g/mol. The fourth-order valence-corrected chi connectivity index (χ4v) is 2.70. The van der Waals surface area contributed by atoms with Crippen LogP contribution in [0.3, 0.4) is 0 Å². The lowest BCUT2D eigenvalue weighted by Crippen LogP contribution is -2.12. The zero-order chi connectivity index (χ0) is 11.7. The zero-order valence-electron chi connectivity index (χ0n) is 9.17. The molecule has 0 unspecified atom stereocenters. The molecule has 2 aromatic carbocycles. The van der Waals surface area contributed by atoms with Crippen LogP contribution >= 0.6 is 11.5 Å². The van der Waals surface area contributed by atoms with Crippen LogP contribution in [0, 0.1) is 0 Å². The van der Waals surface area contributed by atoms with Crippen molar-refractivity contribution in [1.29, 1.82) is 0 Å². The smallest absolute Gasteiger partial charge is 0.260 e. The predicted molar refractivity (Wildman–Crippen MR) is 71.6 cm³/mol. The highest BCUT2D eigenvalue weighted by molar-refractivity contribution is 7.04. The number of aromatic nitrogens is 1. The summed E-state index contributed by atoms with van der Waals surface area (Å²) in [6.07, 6.45) is 0. The molecule has 2 nitrogen and oxygen atoms in total. The standard InChI is InChI=1S/C14H11NOS/c16-14-8-9-17-15(14)10-12-6-3-5-11-4-1-2-7-13(11)12/h1-9H,10H2. The van der Waals surface area contributed by atoms with Gasteiger partial charge < -0.3 is 0 Å². The Kier molecular flexibility index (Phi) is 2.53. The van der Waals surface area contributed by atoms with Crippen molar-refractivity contribution in [3.63, 3.8) is 0 Å². The number of hydrogen-bond acceptors (Lipinski definition) is 2. The highest BCUT2D eigenvalue weighted by Crippen LogP contribution is 2.19. The van der Waals surface area contributed by atoms with E-state index < -0.39 is 0 Å². The minimum Gasteiger partial charge on any atom is -0.268 e. The van der Waals surface area contributed by atoms with Crippen LogP contribution in [0.5, 0.6) is 0 Å². The summed E-state index contributed by atoms with van der Waals surface area (Å²) in [4.78, 5) is 11.5. The van der Waals surface area contributed by atoms with Crippen molar-refractivity contribution in [2.75, 3.05) is 0 Å². The third kappa shape index (κ3) is 1.89. The van der Waals surface area contributed by atoms with E-state index in [2.05, 4.69) is 24.3 Å². The maximum atomic E-state index is 11.5. The van der Waals surface area contributed by atoms with Gasteiger partial charge in [-0.2, -0.15) is 0 Å². The molecule has 0 radical (unpaired) electrons. The predicted octanol–water partition coefficient (Wildman–Crippen LogP) is 3.11. The molecule has 0 bridgehead atoms. The van der Waals surface area contributed by atoms with E-state index in [0.29, 0.717) is 6.54 Å². The third-order valence-electron chi connectivity index (χ3n) is 2.84. The van der Waals surface area contributed by atoms with Crippen LogP contribution in [0.4, 0.5) is 0 Å². The van der Waals surface area contributed by atoms with Gasteiger partial charge in [0.1, 0.15) is 0 Å². The second kappa shape index (κ2) is 4.18. The van der Waals surface area contributed by atoms with E-state index in [0.717, 1.165) is 0 Å². The van der Waals surface area contributed by atoms with Gasteiger partial charge in [0, 0.05) is 11.4 Å². The average Bonchev–Trinajstić information content (AvgIpc) is 2.76. The topological polar surface area (TPSA) is 22.0 Å². The molecule has 0 aliphatic rings. The normalized spacial score (nSPS) is 10.8. The van der Waals surface area contributed by atoms with Crippen molar-refractivity contribution in [1.82, 2.24) is 3.96 Å². The summed E-state index contributed by atoms with van der Waals surface area (Å²) >= 11 is 1.46. The van der Waals surface area contributed by atoms with Crippen molar-refractivity contribution >= 4 is 22.3 Å². The molecule has 0 saturated carbocycles. The van der Waals surface area contributed by atoms with E-state index in [9.17, 15) is 4.79 Å². The molecule has 0 aliphatic carbocycles. The lowest BCUT2D eigenvalue weighted by Gasteiger charge is -2.06. The van der Waals surface area contributed by atoms with E-state index in [1.165, 1.54) is 27.9 Å². The highest BCUT2D eigenvalue weighted by atomic mass is 32.1. The van der Waals surface area contributed by atoms with Crippen LogP contribution in [-0.2, 0) is 6.54 Å². The Balaban J connectivity index is 2.12. The van der Waals surface area contributed by atoms with Gasteiger partial charge in [-0.3, -0.25) is 8.75 Å². The van der Waals surface area contributed by atoms with E-state index in [1.54, 1.807) is 10.0 Å². The first-order valence-corrected chi connectivity index (χ1v) is 6.30. The molecule has 3 heteroatoms. The van der Waals surface area contributed by atoms with Crippen LogP contribution in [0.1, 0.15) is 5.56 Å². The van der Waals surface area contributed by atoms with Gasteiger partial charge in [0.05, 0.1) is 6.54 Å². The van der Waals surface area contributed by atoms with Gasteiger partial charge in [0.25, 0.3) is 5.56 Å². The second-order valence-electron chi connectivity index (χ2n) is 3.92. The lowest BCUT2D eigenvalue weighted by molar-refractivity contribution is 0.856. The summed E-state index contributed by atoms with van der Waals surface area (Å²) in [7, 11) is 0. The van der Waals surface area contributed by atoms with Crippen LogP contribution in [0.25, 0.3) is 10.8 Å². The summed E-state index contributed by atoms with van der Waals surface area (Å²) < 4.78 is 1.77. The monoisotopic (exact) mass is 241 g/mol. The van der Waals surface area contributed by atoms with E-state index in [1.807, 2.05) is 23.6 Å². The number of hydrogen-bond donors (Lipinski definition) is 0. The first-order chi connectivity index (χ1) is 8.34. The summed E-state index contributed by atoms with van der Waals surface area (Å²) in [5, 5.41) is 4.26. The lowest BCUT2D eigenvalue weighted by atomic mass is 10.0. The maximum Gasteiger partial charge on any atom is 0.260 e. The minimum absolute atomic E-state index is 0.0722.